The maximum atomic E-state index is 3.52. The van der Waals surface area contributed by atoms with Gasteiger partial charge in [0.1, 0.15) is 0 Å². The Balaban J connectivity index is 1.84. The largest absolute Gasteiger partial charge is 0.316 e. The lowest BCUT2D eigenvalue weighted by Crippen LogP contribution is -2.31. The van der Waals surface area contributed by atoms with E-state index in [0.717, 1.165) is 17.1 Å². The van der Waals surface area contributed by atoms with Gasteiger partial charge in [0.25, 0.3) is 0 Å². The lowest BCUT2D eigenvalue weighted by atomic mass is 10.1. The number of thioether (sulfide) groups is 1. The smallest absolute Gasteiger partial charge is 0.0189 e. The Morgan fingerprint density at radius 1 is 1.33 bits per heavy atom. The predicted molar refractivity (Wildman–Crippen MR) is 82.3 cm³/mol. The zero-order chi connectivity index (χ0) is 13.0. The highest BCUT2D eigenvalue weighted by molar-refractivity contribution is 7.99. The highest BCUT2D eigenvalue weighted by atomic mass is 32.2. The quantitative estimate of drug-likeness (QED) is 0.800. The molecule has 4 unspecified atom stereocenters. The van der Waals surface area contributed by atoms with Crippen molar-refractivity contribution in [1.29, 1.82) is 0 Å². The molecule has 0 saturated heterocycles. The van der Waals surface area contributed by atoms with Crippen molar-refractivity contribution in [3.05, 3.63) is 35.9 Å². The van der Waals surface area contributed by atoms with E-state index in [2.05, 4.69) is 68.3 Å². The van der Waals surface area contributed by atoms with Gasteiger partial charge in [-0.2, -0.15) is 11.8 Å². The first-order chi connectivity index (χ1) is 8.76. The minimum absolute atomic E-state index is 0.675. The van der Waals surface area contributed by atoms with Gasteiger partial charge >= 0.3 is 0 Å². The normalized spacial score (nSPS) is 25.7. The Hall–Kier alpha value is -0.470. The Labute approximate surface area is 116 Å². The van der Waals surface area contributed by atoms with E-state index >= 15 is 0 Å². The van der Waals surface area contributed by atoms with E-state index in [-0.39, 0.29) is 0 Å². The second-order valence-corrected chi connectivity index (χ2v) is 6.84. The Morgan fingerprint density at radius 2 is 2.06 bits per heavy atom. The summed E-state index contributed by atoms with van der Waals surface area (Å²) in [6, 6.07) is 11.7. The van der Waals surface area contributed by atoms with Gasteiger partial charge in [0, 0.05) is 17.0 Å². The molecule has 1 saturated carbocycles. The van der Waals surface area contributed by atoms with Crippen molar-refractivity contribution in [3.63, 3.8) is 0 Å². The summed E-state index contributed by atoms with van der Waals surface area (Å²) in [4.78, 5) is 0. The van der Waals surface area contributed by atoms with Gasteiger partial charge in [-0.1, -0.05) is 44.2 Å². The first kappa shape index (κ1) is 14.0. The molecule has 1 N–H and O–H groups in total. The van der Waals surface area contributed by atoms with Crippen LogP contribution < -0.4 is 5.32 Å². The molecule has 1 aromatic carbocycles. The molecule has 0 heterocycles. The van der Waals surface area contributed by atoms with Crippen molar-refractivity contribution in [2.75, 3.05) is 12.8 Å². The molecule has 1 aromatic rings. The van der Waals surface area contributed by atoms with Crippen LogP contribution >= 0.6 is 11.8 Å². The van der Waals surface area contributed by atoms with E-state index in [1.807, 2.05) is 0 Å². The first-order valence-corrected chi connectivity index (χ1v) is 8.15. The predicted octanol–water partition coefficient (Wildman–Crippen LogP) is 3.91. The molecule has 18 heavy (non-hydrogen) atoms. The van der Waals surface area contributed by atoms with Crippen LogP contribution in [0.4, 0.5) is 0 Å². The topological polar surface area (TPSA) is 12.0 Å². The summed E-state index contributed by atoms with van der Waals surface area (Å²) >= 11 is 2.11. The SMILES string of the molecule is CCC(C)SCC(NC)C1CC1c1ccccc1. The fourth-order valence-electron chi connectivity index (χ4n) is 2.55. The third kappa shape index (κ3) is 3.52. The summed E-state index contributed by atoms with van der Waals surface area (Å²) in [6.07, 6.45) is 2.63. The molecule has 0 aliphatic heterocycles. The standard InChI is InChI=1S/C16H25NS/c1-4-12(2)18-11-16(17-3)15-10-14(15)13-8-6-5-7-9-13/h5-9,12,14-17H,4,10-11H2,1-3H3. The molecule has 1 aliphatic rings. The molecular weight excluding hydrogens is 238 g/mol. The fourth-order valence-corrected chi connectivity index (χ4v) is 3.74. The molecule has 0 radical (unpaired) electrons. The van der Waals surface area contributed by atoms with Crippen molar-refractivity contribution in [3.8, 4) is 0 Å². The Bertz CT molecular complexity index is 351. The average Bonchev–Trinajstić information content (AvgIpc) is 3.20. The molecule has 1 nitrogen and oxygen atoms in total. The third-order valence-corrected chi connectivity index (χ3v) is 5.54. The molecule has 0 amide bonds. The zero-order valence-electron chi connectivity index (χ0n) is 11.7. The molecule has 1 aliphatic carbocycles. The maximum Gasteiger partial charge on any atom is 0.0189 e. The molecule has 2 heteroatoms. The van der Waals surface area contributed by atoms with Gasteiger partial charge in [0.15, 0.2) is 0 Å². The minimum atomic E-state index is 0.675. The molecule has 2 rings (SSSR count). The van der Waals surface area contributed by atoms with Crippen LogP contribution in [0.25, 0.3) is 0 Å². The Kier molecular flexibility index (Phi) is 5.13. The van der Waals surface area contributed by atoms with Crippen LogP contribution in [0.5, 0.6) is 0 Å². The van der Waals surface area contributed by atoms with Gasteiger partial charge in [-0.25, -0.2) is 0 Å². The number of hydrogen-bond acceptors (Lipinski definition) is 2. The van der Waals surface area contributed by atoms with E-state index in [1.54, 1.807) is 0 Å². The summed E-state index contributed by atoms with van der Waals surface area (Å²) in [5.74, 6) is 2.88. The molecule has 100 valence electrons. The lowest BCUT2D eigenvalue weighted by molar-refractivity contribution is 0.541. The number of hydrogen-bond donors (Lipinski definition) is 1. The summed E-state index contributed by atoms with van der Waals surface area (Å²) in [7, 11) is 2.11. The van der Waals surface area contributed by atoms with Crippen LogP contribution in [-0.4, -0.2) is 24.1 Å². The molecule has 0 spiro atoms. The van der Waals surface area contributed by atoms with Crippen molar-refractivity contribution in [2.24, 2.45) is 5.92 Å². The second kappa shape index (κ2) is 6.63. The van der Waals surface area contributed by atoms with E-state index < -0.39 is 0 Å². The minimum Gasteiger partial charge on any atom is -0.316 e. The Morgan fingerprint density at radius 3 is 2.67 bits per heavy atom. The molecule has 1 fully saturated rings. The maximum absolute atomic E-state index is 3.52. The van der Waals surface area contributed by atoms with Crippen LogP contribution in [0.15, 0.2) is 30.3 Å². The van der Waals surface area contributed by atoms with E-state index in [1.165, 1.54) is 24.2 Å². The van der Waals surface area contributed by atoms with Crippen molar-refractivity contribution in [1.82, 2.24) is 5.32 Å². The second-order valence-electron chi connectivity index (χ2n) is 5.36. The highest BCUT2D eigenvalue weighted by Gasteiger charge is 2.42. The zero-order valence-corrected chi connectivity index (χ0v) is 12.5. The van der Waals surface area contributed by atoms with Gasteiger partial charge in [0.2, 0.25) is 0 Å². The van der Waals surface area contributed by atoms with Crippen LogP contribution in [0.1, 0.15) is 38.2 Å². The average molecular weight is 263 g/mol. The van der Waals surface area contributed by atoms with E-state index in [0.29, 0.717) is 6.04 Å². The highest BCUT2D eigenvalue weighted by Crippen LogP contribution is 2.50. The van der Waals surface area contributed by atoms with Gasteiger partial charge in [0.05, 0.1) is 0 Å². The summed E-state index contributed by atoms with van der Waals surface area (Å²) in [6.45, 7) is 4.61. The summed E-state index contributed by atoms with van der Waals surface area (Å²) in [5, 5.41) is 4.31. The van der Waals surface area contributed by atoms with Gasteiger partial charge < -0.3 is 5.32 Å². The van der Waals surface area contributed by atoms with Crippen molar-refractivity contribution >= 4 is 11.8 Å². The summed E-state index contributed by atoms with van der Waals surface area (Å²) in [5.41, 5.74) is 1.52. The first-order valence-electron chi connectivity index (χ1n) is 7.10. The van der Waals surface area contributed by atoms with Crippen LogP contribution in [0.2, 0.25) is 0 Å². The molecule has 0 aromatic heterocycles. The van der Waals surface area contributed by atoms with Crippen LogP contribution in [-0.2, 0) is 0 Å². The lowest BCUT2D eigenvalue weighted by Gasteiger charge is -2.18. The monoisotopic (exact) mass is 263 g/mol. The molecule has 0 bridgehead atoms. The number of rotatable bonds is 7. The van der Waals surface area contributed by atoms with Crippen LogP contribution in [0.3, 0.4) is 0 Å². The third-order valence-electron chi connectivity index (χ3n) is 4.09. The van der Waals surface area contributed by atoms with Gasteiger partial charge in [-0.05, 0) is 37.3 Å². The van der Waals surface area contributed by atoms with Crippen molar-refractivity contribution < 1.29 is 0 Å². The van der Waals surface area contributed by atoms with Gasteiger partial charge in [-0.15, -0.1) is 0 Å². The van der Waals surface area contributed by atoms with E-state index in [4.69, 9.17) is 0 Å². The molecule has 4 atom stereocenters. The number of nitrogens with one attached hydrogen (secondary N) is 1. The van der Waals surface area contributed by atoms with Crippen molar-refractivity contribution in [2.45, 2.75) is 43.9 Å². The van der Waals surface area contributed by atoms with Gasteiger partial charge in [-0.3, -0.25) is 0 Å². The summed E-state index contributed by atoms with van der Waals surface area (Å²) < 4.78 is 0. The van der Waals surface area contributed by atoms with Crippen LogP contribution in [0, 0.1) is 5.92 Å². The number of benzene rings is 1. The molecular formula is C16H25NS. The fraction of sp³-hybridized carbons (Fsp3) is 0.625. The van der Waals surface area contributed by atoms with E-state index in [9.17, 15) is 0 Å².